The molecule has 4 nitrogen and oxygen atoms in total. The largest absolute Gasteiger partial charge is 0.443 e. The average Bonchev–Trinajstić information content (AvgIpc) is 2.69. The van der Waals surface area contributed by atoms with Crippen molar-refractivity contribution in [3.05, 3.63) is 29.3 Å². The molecule has 0 aromatic heterocycles. The first kappa shape index (κ1) is 15.8. The van der Waals surface area contributed by atoms with Crippen molar-refractivity contribution in [2.24, 2.45) is 5.73 Å². The minimum Gasteiger partial charge on any atom is -0.443 e. The summed E-state index contributed by atoms with van der Waals surface area (Å²) in [6, 6.07) is 6.17. The van der Waals surface area contributed by atoms with Crippen LogP contribution in [0.15, 0.2) is 18.2 Å². The topological polar surface area (TPSA) is 55.6 Å². The molecule has 1 aliphatic heterocycles. The quantitative estimate of drug-likeness (QED) is 0.909. The number of carbonyl (C=O) groups excluding carboxylic acids is 1. The second kappa shape index (κ2) is 5.34. The van der Waals surface area contributed by atoms with Gasteiger partial charge in [-0.15, -0.1) is 0 Å². The van der Waals surface area contributed by atoms with Crippen LogP contribution in [-0.2, 0) is 17.6 Å². The van der Waals surface area contributed by atoms with E-state index in [0.717, 1.165) is 24.1 Å². The second-order valence-electron chi connectivity index (χ2n) is 7.47. The molecular weight excluding hydrogens is 264 g/mol. The average molecular weight is 290 g/mol. The Morgan fingerprint density at radius 1 is 1.29 bits per heavy atom. The Hall–Kier alpha value is -1.55. The Balaban J connectivity index is 2.31. The molecule has 1 aliphatic rings. The number of fused-ring (bicyclic) bond motifs is 1. The van der Waals surface area contributed by atoms with Crippen LogP contribution in [0, 0.1) is 0 Å². The Morgan fingerprint density at radius 2 is 1.95 bits per heavy atom. The molecule has 0 fully saturated rings. The van der Waals surface area contributed by atoms with Crippen molar-refractivity contribution in [1.29, 1.82) is 0 Å². The zero-order valence-corrected chi connectivity index (χ0v) is 13.7. The van der Waals surface area contributed by atoms with Crippen molar-refractivity contribution in [1.82, 2.24) is 0 Å². The van der Waals surface area contributed by atoms with E-state index in [1.807, 2.05) is 40.7 Å². The summed E-state index contributed by atoms with van der Waals surface area (Å²) in [4.78, 5) is 14.2. The molecule has 2 N–H and O–H groups in total. The SMILES string of the molecule is CC(C)(N)Cc1cccc2c1N(C(=O)OC(C)(C)C)CC2. The summed E-state index contributed by atoms with van der Waals surface area (Å²) >= 11 is 0. The van der Waals surface area contributed by atoms with Crippen LogP contribution >= 0.6 is 0 Å². The predicted octanol–water partition coefficient (Wildman–Crippen LogP) is 3.26. The Kier molecular flexibility index (Phi) is 4.02. The summed E-state index contributed by atoms with van der Waals surface area (Å²) in [5.74, 6) is 0. The van der Waals surface area contributed by atoms with Gasteiger partial charge in [0.2, 0.25) is 0 Å². The number of benzene rings is 1. The van der Waals surface area contributed by atoms with Crippen LogP contribution in [0.25, 0.3) is 0 Å². The van der Waals surface area contributed by atoms with Gasteiger partial charge >= 0.3 is 6.09 Å². The van der Waals surface area contributed by atoms with Gasteiger partial charge < -0.3 is 10.5 Å². The summed E-state index contributed by atoms with van der Waals surface area (Å²) in [7, 11) is 0. The Labute approximate surface area is 127 Å². The maximum atomic E-state index is 12.4. The van der Waals surface area contributed by atoms with E-state index in [1.54, 1.807) is 4.90 Å². The third kappa shape index (κ3) is 3.97. The van der Waals surface area contributed by atoms with Crippen molar-refractivity contribution >= 4 is 11.8 Å². The van der Waals surface area contributed by atoms with Crippen molar-refractivity contribution in [2.75, 3.05) is 11.4 Å². The number of ether oxygens (including phenoxy) is 1. The zero-order chi connectivity index (χ0) is 15.8. The lowest BCUT2D eigenvalue weighted by Crippen LogP contribution is -2.38. The molecule has 1 amide bonds. The van der Waals surface area contributed by atoms with Crippen molar-refractivity contribution < 1.29 is 9.53 Å². The minimum atomic E-state index is -0.484. The number of para-hydroxylation sites is 1. The highest BCUT2D eigenvalue weighted by Gasteiger charge is 2.31. The molecule has 0 aliphatic carbocycles. The zero-order valence-electron chi connectivity index (χ0n) is 13.7. The first-order chi connectivity index (χ1) is 9.57. The lowest BCUT2D eigenvalue weighted by Gasteiger charge is -2.27. The number of nitrogens with zero attached hydrogens (tertiary/aromatic N) is 1. The minimum absolute atomic E-state index is 0.275. The molecule has 1 aromatic carbocycles. The van der Waals surface area contributed by atoms with E-state index in [1.165, 1.54) is 5.56 Å². The molecule has 116 valence electrons. The molecule has 0 radical (unpaired) electrons. The van der Waals surface area contributed by atoms with Gasteiger partial charge in [0.1, 0.15) is 5.60 Å². The van der Waals surface area contributed by atoms with Crippen LogP contribution in [0.3, 0.4) is 0 Å². The number of hydrogen-bond donors (Lipinski definition) is 1. The van der Waals surface area contributed by atoms with Crippen molar-refractivity contribution in [2.45, 2.75) is 58.6 Å². The summed E-state index contributed by atoms with van der Waals surface area (Å²) in [6.45, 7) is 10.3. The summed E-state index contributed by atoms with van der Waals surface area (Å²) in [5.41, 5.74) is 8.66. The van der Waals surface area contributed by atoms with Crippen LogP contribution in [0.5, 0.6) is 0 Å². The number of rotatable bonds is 2. The lowest BCUT2D eigenvalue weighted by atomic mass is 9.93. The number of amides is 1. The highest BCUT2D eigenvalue weighted by atomic mass is 16.6. The fourth-order valence-corrected chi connectivity index (χ4v) is 2.67. The van der Waals surface area contributed by atoms with Gasteiger partial charge in [-0.2, -0.15) is 0 Å². The van der Waals surface area contributed by atoms with E-state index in [-0.39, 0.29) is 11.6 Å². The fourth-order valence-electron chi connectivity index (χ4n) is 2.67. The van der Waals surface area contributed by atoms with E-state index in [2.05, 4.69) is 12.1 Å². The highest BCUT2D eigenvalue weighted by molar-refractivity contribution is 5.91. The predicted molar refractivity (Wildman–Crippen MR) is 85.7 cm³/mol. The van der Waals surface area contributed by atoms with Gasteiger partial charge in [-0.1, -0.05) is 18.2 Å². The lowest BCUT2D eigenvalue weighted by molar-refractivity contribution is 0.0583. The molecule has 0 spiro atoms. The van der Waals surface area contributed by atoms with E-state index >= 15 is 0 Å². The monoisotopic (exact) mass is 290 g/mol. The standard InChI is InChI=1S/C17H26N2O2/c1-16(2,3)21-15(20)19-10-9-12-7-6-8-13(14(12)19)11-17(4,5)18/h6-8H,9-11,18H2,1-5H3. The second-order valence-corrected chi connectivity index (χ2v) is 7.47. The molecular formula is C17H26N2O2. The molecule has 0 bridgehead atoms. The van der Waals surface area contributed by atoms with Crippen LogP contribution in [-0.4, -0.2) is 23.8 Å². The molecule has 21 heavy (non-hydrogen) atoms. The first-order valence-corrected chi connectivity index (χ1v) is 7.47. The third-order valence-electron chi connectivity index (χ3n) is 3.34. The van der Waals surface area contributed by atoms with Crippen molar-refractivity contribution in [3.63, 3.8) is 0 Å². The summed E-state index contributed by atoms with van der Waals surface area (Å²) in [6.07, 6.45) is 1.33. The van der Waals surface area contributed by atoms with Crippen LogP contribution < -0.4 is 10.6 Å². The number of carbonyl (C=O) groups is 1. The summed E-state index contributed by atoms with van der Waals surface area (Å²) < 4.78 is 5.52. The first-order valence-electron chi connectivity index (χ1n) is 7.47. The van der Waals surface area contributed by atoms with E-state index in [9.17, 15) is 4.79 Å². The van der Waals surface area contributed by atoms with Gasteiger partial charge in [-0.3, -0.25) is 4.90 Å². The molecule has 4 heteroatoms. The maximum Gasteiger partial charge on any atom is 0.414 e. The van der Waals surface area contributed by atoms with Gasteiger partial charge in [-0.25, -0.2) is 4.79 Å². The van der Waals surface area contributed by atoms with Gasteiger partial charge in [-0.05, 0) is 58.6 Å². The third-order valence-corrected chi connectivity index (χ3v) is 3.34. The van der Waals surface area contributed by atoms with E-state index in [0.29, 0.717) is 6.54 Å². The fraction of sp³-hybridized carbons (Fsp3) is 0.588. The smallest absolute Gasteiger partial charge is 0.414 e. The molecule has 0 unspecified atom stereocenters. The van der Waals surface area contributed by atoms with Crippen molar-refractivity contribution in [3.8, 4) is 0 Å². The van der Waals surface area contributed by atoms with Gasteiger partial charge in [0.05, 0.1) is 5.69 Å². The molecule has 2 rings (SSSR count). The van der Waals surface area contributed by atoms with E-state index < -0.39 is 5.60 Å². The maximum absolute atomic E-state index is 12.4. The normalized spacial score (nSPS) is 15.0. The molecule has 0 saturated carbocycles. The number of nitrogens with two attached hydrogens (primary N) is 1. The Bertz CT molecular complexity index is 539. The molecule has 1 heterocycles. The van der Waals surface area contributed by atoms with E-state index in [4.69, 9.17) is 10.5 Å². The van der Waals surface area contributed by atoms with Crippen LogP contribution in [0.4, 0.5) is 10.5 Å². The number of hydrogen-bond acceptors (Lipinski definition) is 3. The highest BCUT2D eigenvalue weighted by Crippen LogP contribution is 2.34. The molecule has 0 saturated heterocycles. The van der Waals surface area contributed by atoms with Crippen LogP contribution in [0.1, 0.15) is 45.7 Å². The van der Waals surface area contributed by atoms with Gasteiger partial charge in [0.15, 0.2) is 0 Å². The van der Waals surface area contributed by atoms with Gasteiger partial charge in [0, 0.05) is 12.1 Å². The summed E-state index contributed by atoms with van der Waals surface area (Å²) in [5, 5.41) is 0. The number of anilines is 1. The van der Waals surface area contributed by atoms with Crippen LogP contribution in [0.2, 0.25) is 0 Å². The van der Waals surface area contributed by atoms with Gasteiger partial charge in [0.25, 0.3) is 0 Å². The Morgan fingerprint density at radius 3 is 2.52 bits per heavy atom. The molecule has 1 aromatic rings. The molecule has 0 atom stereocenters.